The zero-order valence-corrected chi connectivity index (χ0v) is 15.0. The number of benzene rings is 1. The molecule has 2 fully saturated rings. The second-order valence-electron chi connectivity index (χ2n) is 6.90. The van der Waals surface area contributed by atoms with Gasteiger partial charge < -0.3 is 19.8 Å². The Morgan fingerprint density at radius 1 is 1.12 bits per heavy atom. The fourth-order valence-electron chi connectivity index (χ4n) is 3.70. The van der Waals surface area contributed by atoms with Crippen molar-refractivity contribution >= 4 is 18.2 Å². The highest BCUT2D eigenvalue weighted by Crippen LogP contribution is 2.35. The summed E-state index contributed by atoms with van der Waals surface area (Å²) in [7, 11) is 3.25. The van der Waals surface area contributed by atoms with Crippen molar-refractivity contribution in [3.63, 3.8) is 0 Å². The van der Waals surface area contributed by atoms with E-state index in [1.807, 2.05) is 30.3 Å². The molecule has 2 aliphatic rings. The van der Waals surface area contributed by atoms with Gasteiger partial charge in [-0.05, 0) is 18.4 Å². The molecule has 8 nitrogen and oxygen atoms in total. The van der Waals surface area contributed by atoms with Crippen molar-refractivity contribution in [2.75, 3.05) is 33.7 Å². The summed E-state index contributed by atoms with van der Waals surface area (Å²) in [6.45, 7) is 1.10. The van der Waals surface area contributed by atoms with Gasteiger partial charge in [-0.2, -0.15) is 0 Å². The summed E-state index contributed by atoms with van der Waals surface area (Å²) < 4.78 is 0. The number of likely N-dealkylation sites (tertiary alicyclic amines) is 1. The van der Waals surface area contributed by atoms with Gasteiger partial charge in [0, 0.05) is 33.2 Å². The highest BCUT2D eigenvalue weighted by Gasteiger charge is 2.45. The molecule has 0 spiro atoms. The van der Waals surface area contributed by atoms with Gasteiger partial charge in [0.15, 0.2) is 0 Å². The second kappa shape index (κ2) is 7.23. The largest absolute Gasteiger partial charge is 0.465 e. The van der Waals surface area contributed by atoms with Crippen molar-refractivity contribution in [2.24, 2.45) is 0 Å². The maximum absolute atomic E-state index is 13.0. The first kappa shape index (κ1) is 18.0. The maximum atomic E-state index is 13.0. The van der Waals surface area contributed by atoms with Gasteiger partial charge in [-0.3, -0.25) is 0 Å². The first-order chi connectivity index (χ1) is 12.4. The summed E-state index contributed by atoms with van der Waals surface area (Å²) in [5.41, 5.74) is 0.982. The van der Waals surface area contributed by atoms with Crippen LogP contribution in [0.4, 0.5) is 14.4 Å². The lowest BCUT2D eigenvalue weighted by Gasteiger charge is -2.38. The minimum absolute atomic E-state index is 0.0803. The fourth-order valence-corrected chi connectivity index (χ4v) is 3.70. The molecule has 8 heteroatoms. The molecule has 140 valence electrons. The van der Waals surface area contributed by atoms with Crippen molar-refractivity contribution in [3.05, 3.63) is 35.9 Å². The van der Waals surface area contributed by atoms with Crippen LogP contribution in [0.2, 0.25) is 0 Å². The molecule has 2 aliphatic heterocycles. The first-order valence-corrected chi connectivity index (χ1v) is 8.74. The molecule has 0 saturated carbocycles. The molecule has 1 aromatic rings. The Labute approximate surface area is 152 Å². The summed E-state index contributed by atoms with van der Waals surface area (Å²) in [5.74, 6) is 0. The highest BCUT2D eigenvalue weighted by atomic mass is 16.4. The van der Waals surface area contributed by atoms with Crippen LogP contribution in [0.3, 0.4) is 0 Å². The SMILES string of the molecule is CN(C)C(=O)N1C[C@@H](c2ccccc2)N(C2CCN(C(=O)O)CC2)C1=O. The molecule has 1 atom stereocenters. The fraction of sp³-hybridized carbons (Fsp3) is 0.500. The van der Waals surface area contributed by atoms with Gasteiger partial charge in [0.1, 0.15) is 0 Å². The van der Waals surface area contributed by atoms with Crippen LogP contribution in [0, 0.1) is 0 Å². The van der Waals surface area contributed by atoms with Gasteiger partial charge in [0.25, 0.3) is 0 Å². The molecule has 0 unspecified atom stereocenters. The number of amides is 5. The lowest BCUT2D eigenvalue weighted by Crippen LogP contribution is -2.49. The zero-order valence-electron chi connectivity index (χ0n) is 15.0. The number of urea groups is 2. The Hall–Kier alpha value is -2.77. The molecule has 1 N–H and O–H groups in total. The highest BCUT2D eigenvalue weighted by molar-refractivity contribution is 5.95. The molecule has 2 saturated heterocycles. The number of carbonyl (C=O) groups is 3. The molecular weight excluding hydrogens is 336 g/mol. The second-order valence-corrected chi connectivity index (χ2v) is 6.90. The lowest BCUT2D eigenvalue weighted by atomic mass is 9.99. The summed E-state index contributed by atoms with van der Waals surface area (Å²) in [6, 6.07) is 8.74. The third kappa shape index (κ3) is 3.31. The molecule has 0 aromatic heterocycles. The smallest absolute Gasteiger partial charge is 0.407 e. The van der Waals surface area contributed by atoms with Crippen LogP contribution in [0.15, 0.2) is 30.3 Å². The molecular formula is C18H24N4O4. The number of imide groups is 1. The van der Waals surface area contributed by atoms with E-state index in [1.165, 1.54) is 14.7 Å². The van der Waals surface area contributed by atoms with E-state index in [0.29, 0.717) is 32.5 Å². The monoisotopic (exact) mass is 360 g/mol. The predicted octanol–water partition coefficient (Wildman–Crippen LogP) is 2.29. The van der Waals surface area contributed by atoms with Crippen LogP contribution in [0.1, 0.15) is 24.4 Å². The van der Waals surface area contributed by atoms with E-state index in [0.717, 1.165) is 5.56 Å². The predicted molar refractivity (Wildman–Crippen MR) is 94.8 cm³/mol. The van der Waals surface area contributed by atoms with Crippen LogP contribution in [0.5, 0.6) is 0 Å². The Morgan fingerprint density at radius 3 is 2.27 bits per heavy atom. The number of rotatable bonds is 2. The molecule has 5 amide bonds. The Morgan fingerprint density at radius 2 is 1.73 bits per heavy atom. The number of nitrogens with zero attached hydrogens (tertiary/aromatic N) is 4. The van der Waals surface area contributed by atoms with Gasteiger partial charge >= 0.3 is 18.2 Å². The summed E-state index contributed by atoms with van der Waals surface area (Å²) >= 11 is 0. The van der Waals surface area contributed by atoms with Crippen LogP contribution < -0.4 is 0 Å². The van der Waals surface area contributed by atoms with E-state index >= 15 is 0 Å². The average molecular weight is 360 g/mol. The molecule has 0 radical (unpaired) electrons. The number of piperidine rings is 1. The van der Waals surface area contributed by atoms with E-state index < -0.39 is 6.09 Å². The van der Waals surface area contributed by atoms with Crippen LogP contribution in [-0.2, 0) is 0 Å². The van der Waals surface area contributed by atoms with Crippen molar-refractivity contribution in [1.29, 1.82) is 0 Å². The van der Waals surface area contributed by atoms with Crippen LogP contribution in [-0.4, -0.2) is 82.6 Å². The molecule has 1 aromatic carbocycles. The zero-order chi connectivity index (χ0) is 18.8. The topological polar surface area (TPSA) is 84.4 Å². The summed E-state index contributed by atoms with van der Waals surface area (Å²) in [6.07, 6.45) is 0.219. The number of hydrogen-bond acceptors (Lipinski definition) is 3. The van der Waals surface area contributed by atoms with Crippen molar-refractivity contribution in [2.45, 2.75) is 24.9 Å². The molecule has 3 rings (SSSR count). The number of carboxylic acid groups (broad SMARTS) is 1. The normalized spacial score (nSPS) is 21.2. The van der Waals surface area contributed by atoms with Crippen LogP contribution >= 0.6 is 0 Å². The summed E-state index contributed by atoms with van der Waals surface area (Å²) in [5, 5.41) is 9.13. The molecule has 26 heavy (non-hydrogen) atoms. The van der Waals surface area contributed by atoms with E-state index in [2.05, 4.69) is 0 Å². The molecule has 2 heterocycles. The Kier molecular flexibility index (Phi) is 5.01. The van der Waals surface area contributed by atoms with E-state index in [9.17, 15) is 14.4 Å². The number of hydrogen-bond donors (Lipinski definition) is 1. The quantitative estimate of drug-likeness (QED) is 0.877. The van der Waals surface area contributed by atoms with Gasteiger partial charge in [-0.25, -0.2) is 19.3 Å². The van der Waals surface area contributed by atoms with Gasteiger partial charge in [-0.15, -0.1) is 0 Å². The molecule has 0 bridgehead atoms. The van der Waals surface area contributed by atoms with Crippen molar-refractivity contribution in [3.8, 4) is 0 Å². The minimum atomic E-state index is -0.930. The number of carbonyl (C=O) groups excluding carboxylic acids is 2. The minimum Gasteiger partial charge on any atom is -0.465 e. The Balaban J connectivity index is 1.85. The third-order valence-corrected chi connectivity index (χ3v) is 5.07. The lowest BCUT2D eigenvalue weighted by molar-refractivity contribution is 0.0996. The van der Waals surface area contributed by atoms with Crippen LogP contribution in [0.25, 0.3) is 0 Å². The van der Waals surface area contributed by atoms with Gasteiger partial charge in [0.2, 0.25) is 0 Å². The standard InChI is InChI=1S/C18H24N4O4/c1-19(2)16(23)21-12-15(13-6-4-3-5-7-13)22(17(21)24)14-8-10-20(11-9-14)18(25)26/h3-7,14-15H,8-12H2,1-2H3,(H,25,26)/t15-/m0/s1. The van der Waals surface area contributed by atoms with Crippen molar-refractivity contribution < 1.29 is 19.5 Å². The van der Waals surface area contributed by atoms with E-state index in [-0.39, 0.29) is 24.1 Å². The van der Waals surface area contributed by atoms with E-state index in [4.69, 9.17) is 5.11 Å². The van der Waals surface area contributed by atoms with Gasteiger partial charge in [0.05, 0.1) is 12.6 Å². The summed E-state index contributed by atoms with van der Waals surface area (Å²) in [4.78, 5) is 42.4. The van der Waals surface area contributed by atoms with E-state index in [1.54, 1.807) is 19.0 Å². The van der Waals surface area contributed by atoms with Crippen molar-refractivity contribution in [1.82, 2.24) is 19.6 Å². The maximum Gasteiger partial charge on any atom is 0.407 e. The van der Waals surface area contributed by atoms with Gasteiger partial charge in [-0.1, -0.05) is 30.3 Å². The third-order valence-electron chi connectivity index (χ3n) is 5.07. The first-order valence-electron chi connectivity index (χ1n) is 8.74. The Bertz CT molecular complexity index is 686. The average Bonchev–Trinajstić information content (AvgIpc) is 2.99. The molecule has 0 aliphatic carbocycles.